The zero-order chi connectivity index (χ0) is 13.6. The summed E-state index contributed by atoms with van der Waals surface area (Å²) >= 11 is 0. The van der Waals surface area contributed by atoms with E-state index >= 15 is 0 Å². The lowest BCUT2D eigenvalue weighted by atomic mass is 10.7. The van der Waals surface area contributed by atoms with E-state index in [1.165, 1.54) is 0 Å². The van der Waals surface area contributed by atoms with E-state index in [0.29, 0.717) is 0 Å². The molecular formula is C8H16O8. The minimum absolute atomic E-state index is 0.125. The summed E-state index contributed by atoms with van der Waals surface area (Å²) in [6.45, 7) is 1.44. The summed E-state index contributed by atoms with van der Waals surface area (Å²) in [4.78, 5) is 28.5. The zero-order valence-corrected chi connectivity index (χ0v) is 9.04. The number of esters is 1. The smallest absolute Gasteiger partial charge is 0.341 e. The Balaban J connectivity index is -0.000000179. The number of ether oxygens (including phenoxy) is 1. The van der Waals surface area contributed by atoms with Crippen LogP contribution in [0.5, 0.6) is 0 Å². The number of carboxylic acids is 2. The summed E-state index contributed by atoms with van der Waals surface area (Å²) in [6, 6.07) is 0. The molecule has 0 radical (unpaired) electrons. The van der Waals surface area contributed by atoms with Crippen LogP contribution in [0.15, 0.2) is 0 Å². The van der Waals surface area contributed by atoms with Crippen LogP contribution >= 0.6 is 0 Å². The van der Waals surface area contributed by atoms with Gasteiger partial charge in [0.2, 0.25) is 0 Å². The summed E-state index contributed by atoms with van der Waals surface area (Å²) in [5, 5.41) is 30.6. The largest absolute Gasteiger partial charge is 0.481 e. The van der Waals surface area contributed by atoms with Gasteiger partial charge in [0.15, 0.2) is 6.61 Å². The second kappa shape index (κ2) is 15.8. The molecule has 0 heterocycles. The molecule has 4 N–H and O–H groups in total. The topological polar surface area (TPSA) is 141 Å². The number of carboxylic acid groups (broad SMARTS) is 2. The molecule has 0 aliphatic rings. The molecule has 96 valence electrons. The predicted octanol–water partition coefficient (Wildman–Crippen LogP) is -1.30. The van der Waals surface area contributed by atoms with Crippen molar-refractivity contribution < 1.29 is 39.5 Å². The molecule has 0 bridgehead atoms. The molecule has 0 spiro atoms. The average Bonchev–Trinajstić information content (AvgIpc) is 2.14. The Hall–Kier alpha value is -1.67. The van der Waals surface area contributed by atoms with E-state index in [1.54, 1.807) is 0 Å². The van der Waals surface area contributed by atoms with Gasteiger partial charge in [0.05, 0.1) is 13.2 Å². The second-order valence-corrected chi connectivity index (χ2v) is 2.14. The number of rotatable bonds is 3. The van der Waals surface area contributed by atoms with Gasteiger partial charge < -0.3 is 25.2 Å². The molecule has 0 aliphatic carbocycles. The van der Waals surface area contributed by atoms with Crippen molar-refractivity contribution >= 4 is 17.9 Å². The number of aliphatic hydroxyl groups is 2. The molecular weight excluding hydrogens is 224 g/mol. The van der Waals surface area contributed by atoms with Crippen LogP contribution in [0.25, 0.3) is 0 Å². The van der Waals surface area contributed by atoms with Gasteiger partial charge in [-0.25, -0.2) is 4.79 Å². The third-order valence-electron chi connectivity index (χ3n) is 0.499. The standard InChI is InChI=1S/C4H6O4.C2H4O2.C2H6O2/c1-3(5)8-2-4(6)7;1-2(3)4;3-1-2-4/h2H2,1H3,(H,6,7);1H3,(H,3,4);3-4H,1-2H2. The van der Waals surface area contributed by atoms with Gasteiger partial charge in [-0.15, -0.1) is 0 Å². The highest BCUT2D eigenvalue weighted by atomic mass is 16.5. The highest BCUT2D eigenvalue weighted by Gasteiger charge is 1.97. The van der Waals surface area contributed by atoms with E-state index in [-0.39, 0.29) is 13.2 Å². The Bertz CT molecular complexity index is 180. The minimum atomic E-state index is -1.14. The van der Waals surface area contributed by atoms with Crippen molar-refractivity contribution in [3.8, 4) is 0 Å². The van der Waals surface area contributed by atoms with Gasteiger partial charge in [-0.2, -0.15) is 0 Å². The molecule has 0 amide bonds. The SMILES string of the molecule is CC(=O)O.CC(=O)OCC(=O)O.OCCO. The lowest BCUT2D eigenvalue weighted by Crippen LogP contribution is -2.09. The first kappa shape index (κ1) is 19.8. The molecule has 0 fully saturated rings. The van der Waals surface area contributed by atoms with Crippen molar-refractivity contribution in [1.29, 1.82) is 0 Å². The van der Waals surface area contributed by atoms with Crippen molar-refractivity contribution in [3.63, 3.8) is 0 Å². The Morgan fingerprint density at radius 1 is 1.00 bits per heavy atom. The summed E-state index contributed by atoms with van der Waals surface area (Å²) < 4.78 is 4.06. The van der Waals surface area contributed by atoms with Gasteiger partial charge in [-0.1, -0.05) is 0 Å². The summed E-state index contributed by atoms with van der Waals surface area (Å²) in [5.74, 6) is -2.55. The van der Waals surface area contributed by atoms with Crippen molar-refractivity contribution in [1.82, 2.24) is 0 Å². The second-order valence-electron chi connectivity index (χ2n) is 2.14. The van der Waals surface area contributed by atoms with Gasteiger partial charge in [0, 0.05) is 13.8 Å². The van der Waals surface area contributed by atoms with E-state index in [2.05, 4.69) is 4.74 Å². The highest BCUT2D eigenvalue weighted by molar-refractivity contribution is 5.73. The first-order valence-electron chi connectivity index (χ1n) is 4.04. The third kappa shape index (κ3) is 84.4. The summed E-state index contributed by atoms with van der Waals surface area (Å²) in [5.41, 5.74) is 0. The quantitative estimate of drug-likeness (QED) is 0.446. The van der Waals surface area contributed by atoms with Crippen LogP contribution in [0.1, 0.15) is 13.8 Å². The molecule has 0 saturated carbocycles. The molecule has 0 unspecified atom stereocenters. The number of carbonyl (C=O) groups excluding carboxylic acids is 1. The van der Waals surface area contributed by atoms with Crippen LogP contribution in [-0.4, -0.2) is 58.2 Å². The fraction of sp³-hybridized carbons (Fsp3) is 0.625. The van der Waals surface area contributed by atoms with E-state index in [4.69, 9.17) is 25.2 Å². The van der Waals surface area contributed by atoms with Gasteiger partial charge in [0.1, 0.15) is 0 Å². The molecule has 0 aliphatic heterocycles. The Kier molecular flexibility index (Phi) is 19.6. The lowest BCUT2D eigenvalue weighted by molar-refractivity contribution is -0.153. The van der Waals surface area contributed by atoms with Crippen molar-refractivity contribution in [2.45, 2.75) is 13.8 Å². The fourth-order valence-electron chi connectivity index (χ4n) is 0.163. The molecule has 0 atom stereocenters. The number of aliphatic hydroxyl groups excluding tert-OH is 2. The maximum atomic E-state index is 9.86. The molecule has 0 aromatic carbocycles. The first-order chi connectivity index (χ1) is 7.27. The summed E-state index contributed by atoms with van der Waals surface area (Å²) in [6.07, 6.45) is 0. The lowest BCUT2D eigenvalue weighted by Gasteiger charge is -1.92. The van der Waals surface area contributed by atoms with Crippen LogP contribution in [0.3, 0.4) is 0 Å². The number of hydrogen-bond donors (Lipinski definition) is 4. The van der Waals surface area contributed by atoms with Gasteiger partial charge >= 0.3 is 11.9 Å². The monoisotopic (exact) mass is 240 g/mol. The van der Waals surface area contributed by atoms with Crippen LogP contribution in [-0.2, 0) is 19.1 Å². The molecule has 0 aromatic heterocycles. The van der Waals surface area contributed by atoms with E-state index in [0.717, 1.165) is 13.8 Å². The maximum Gasteiger partial charge on any atom is 0.341 e. The minimum Gasteiger partial charge on any atom is -0.481 e. The first-order valence-corrected chi connectivity index (χ1v) is 4.04. The maximum absolute atomic E-state index is 9.86. The van der Waals surface area contributed by atoms with Crippen LogP contribution in [0.4, 0.5) is 0 Å². The van der Waals surface area contributed by atoms with Crippen LogP contribution < -0.4 is 0 Å². The number of hydrogen-bond acceptors (Lipinski definition) is 6. The fourth-order valence-corrected chi connectivity index (χ4v) is 0.163. The van der Waals surface area contributed by atoms with E-state index in [9.17, 15) is 9.59 Å². The molecule has 0 rings (SSSR count). The Labute approximate surface area is 92.1 Å². The molecule has 0 aromatic rings. The van der Waals surface area contributed by atoms with Crippen molar-refractivity contribution in [2.24, 2.45) is 0 Å². The Morgan fingerprint density at radius 2 is 1.31 bits per heavy atom. The van der Waals surface area contributed by atoms with E-state index < -0.39 is 24.5 Å². The summed E-state index contributed by atoms with van der Waals surface area (Å²) in [7, 11) is 0. The Morgan fingerprint density at radius 3 is 1.38 bits per heavy atom. The van der Waals surface area contributed by atoms with Crippen LogP contribution in [0.2, 0.25) is 0 Å². The molecule has 16 heavy (non-hydrogen) atoms. The average molecular weight is 240 g/mol. The highest BCUT2D eigenvalue weighted by Crippen LogP contribution is 1.73. The van der Waals surface area contributed by atoms with E-state index in [1.807, 2.05) is 0 Å². The molecule has 0 saturated heterocycles. The van der Waals surface area contributed by atoms with Crippen molar-refractivity contribution in [3.05, 3.63) is 0 Å². The zero-order valence-electron chi connectivity index (χ0n) is 9.04. The number of carbonyl (C=O) groups is 3. The predicted molar refractivity (Wildman–Crippen MR) is 51.8 cm³/mol. The van der Waals surface area contributed by atoms with Gasteiger partial charge in [-0.05, 0) is 0 Å². The van der Waals surface area contributed by atoms with Gasteiger partial charge in [0.25, 0.3) is 5.97 Å². The normalized spacial score (nSPS) is 7.50. The third-order valence-corrected chi connectivity index (χ3v) is 0.499. The number of aliphatic carboxylic acids is 2. The molecule has 8 heteroatoms. The van der Waals surface area contributed by atoms with Gasteiger partial charge in [-0.3, -0.25) is 9.59 Å². The molecule has 8 nitrogen and oxygen atoms in total. The van der Waals surface area contributed by atoms with Crippen LogP contribution in [0, 0.1) is 0 Å². The van der Waals surface area contributed by atoms with Crippen molar-refractivity contribution in [2.75, 3.05) is 19.8 Å².